The molecule has 3 nitrogen and oxygen atoms in total. The first-order valence-electron chi connectivity index (χ1n) is 7.55. The second-order valence-electron chi connectivity index (χ2n) is 5.16. The van der Waals surface area contributed by atoms with Gasteiger partial charge in [-0.2, -0.15) is 0 Å². The highest BCUT2D eigenvalue weighted by molar-refractivity contribution is 5.60. The highest BCUT2D eigenvalue weighted by Gasteiger charge is 2.22. The van der Waals surface area contributed by atoms with Gasteiger partial charge < -0.3 is 14.8 Å². The average Bonchev–Trinajstić information content (AvgIpc) is 2.92. The molecular formula is C18H21NO2. The van der Waals surface area contributed by atoms with E-state index in [4.69, 9.17) is 9.47 Å². The molecule has 0 amide bonds. The van der Waals surface area contributed by atoms with Crippen LogP contribution in [0.2, 0.25) is 0 Å². The molecule has 3 heteroatoms. The Morgan fingerprint density at radius 3 is 2.33 bits per heavy atom. The zero-order chi connectivity index (χ0) is 14.7. The number of nitrogens with one attached hydrogen (secondary N) is 1. The van der Waals surface area contributed by atoms with E-state index in [1.807, 2.05) is 32.0 Å². The maximum absolute atomic E-state index is 5.57. The molecule has 1 aliphatic rings. The van der Waals surface area contributed by atoms with E-state index in [0.717, 1.165) is 17.9 Å². The fourth-order valence-corrected chi connectivity index (χ4v) is 2.76. The molecular weight excluding hydrogens is 262 g/mol. The molecule has 0 bridgehead atoms. The van der Waals surface area contributed by atoms with Crippen LogP contribution in [0.5, 0.6) is 11.5 Å². The van der Waals surface area contributed by atoms with E-state index >= 15 is 0 Å². The van der Waals surface area contributed by atoms with Crippen molar-refractivity contribution in [3.05, 3.63) is 53.6 Å². The van der Waals surface area contributed by atoms with Crippen molar-refractivity contribution in [1.82, 2.24) is 0 Å². The smallest absolute Gasteiger partial charge is 0.119 e. The van der Waals surface area contributed by atoms with Crippen molar-refractivity contribution >= 4 is 5.69 Å². The van der Waals surface area contributed by atoms with Gasteiger partial charge >= 0.3 is 0 Å². The molecule has 1 unspecified atom stereocenters. The average molecular weight is 283 g/mol. The van der Waals surface area contributed by atoms with Gasteiger partial charge in [-0.3, -0.25) is 0 Å². The molecule has 21 heavy (non-hydrogen) atoms. The van der Waals surface area contributed by atoms with Gasteiger partial charge in [0.1, 0.15) is 11.5 Å². The molecule has 0 aromatic heterocycles. The summed E-state index contributed by atoms with van der Waals surface area (Å²) in [6.07, 6.45) is 0.990. The van der Waals surface area contributed by atoms with Crippen molar-refractivity contribution in [2.75, 3.05) is 18.5 Å². The zero-order valence-corrected chi connectivity index (χ0v) is 12.6. The zero-order valence-electron chi connectivity index (χ0n) is 12.6. The van der Waals surface area contributed by atoms with Gasteiger partial charge in [0.05, 0.1) is 19.3 Å². The number of hydrogen-bond acceptors (Lipinski definition) is 3. The van der Waals surface area contributed by atoms with Crippen LogP contribution in [0.25, 0.3) is 0 Å². The van der Waals surface area contributed by atoms with Crippen molar-refractivity contribution in [2.24, 2.45) is 0 Å². The van der Waals surface area contributed by atoms with Crippen LogP contribution in [0.3, 0.4) is 0 Å². The number of fused-ring (bicyclic) bond motifs is 1. The summed E-state index contributed by atoms with van der Waals surface area (Å²) in [5, 5.41) is 3.58. The Balaban J connectivity index is 1.74. The summed E-state index contributed by atoms with van der Waals surface area (Å²) < 4.78 is 11.1. The number of benzene rings is 2. The summed E-state index contributed by atoms with van der Waals surface area (Å²) >= 11 is 0. The van der Waals surface area contributed by atoms with Gasteiger partial charge in [-0.05, 0) is 61.7 Å². The van der Waals surface area contributed by atoms with Crippen LogP contribution < -0.4 is 14.8 Å². The van der Waals surface area contributed by atoms with Crippen LogP contribution >= 0.6 is 0 Å². The molecule has 0 spiro atoms. The van der Waals surface area contributed by atoms with Crippen molar-refractivity contribution in [3.63, 3.8) is 0 Å². The van der Waals surface area contributed by atoms with E-state index in [1.165, 1.54) is 16.8 Å². The minimum absolute atomic E-state index is 0.326. The first-order valence-corrected chi connectivity index (χ1v) is 7.55. The van der Waals surface area contributed by atoms with Crippen LogP contribution in [-0.2, 0) is 6.42 Å². The number of rotatable bonds is 5. The third-order valence-corrected chi connectivity index (χ3v) is 3.73. The molecule has 3 rings (SSSR count). The number of anilines is 1. The highest BCUT2D eigenvalue weighted by atomic mass is 16.5. The minimum Gasteiger partial charge on any atom is -0.494 e. The molecule has 1 aliphatic heterocycles. The molecule has 0 fully saturated rings. The molecule has 2 aromatic rings. The molecule has 0 saturated heterocycles. The standard InChI is InChI=1S/C18H21NO2/c1-3-20-15-7-5-13(6-8-15)18-12-14-11-16(21-4-2)9-10-17(14)19-18/h5-11,18-19H,3-4,12H2,1-2H3. The van der Waals surface area contributed by atoms with Crippen molar-refractivity contribution in [2.45, 2.75) is 26.3 Å². The molecule has 2 aromatic carbocycles. The maximum Gasteiger partial charge on any atom is 0.119 e. The van der Waals surface area contributed by atoms with Crippen LogP contribution in [0, 0.1) is 0 Å². The number of ether oxygens (including phenoxy) is 2. The quantitative estimate of drug-likeness (QED) is 0.892. The molecule has 0 aliphatic carbocycles. The Kier molecular flexibility index (Phi) is 4.00. The van der Waals surface area contributed by atoms with E-state index in [-0.39, 0.29) is 0 Å². The Labute approximate surface area is 125 Å². The summed E-state index contributed by atoms with van der Waals surface area (Å²) in [4.78, 5) is 0. The van der Waals surface area contributed by atoms with E-state index in [0.29, 0.717) is 19.3 Å². The summed E-state index contributed by atoms with van der Waals surface area (Å²) in [7, 11) is 0. The molecule has 110 valence electrons. The Morgan fingerprint density at radius 2 is 1.62 bits per heavy atom. The molecule has 1 atom stereocenters. The van der Waals surface area contributed by atoms with Gasteiger partial charge in [0.2, 0.25) is 0 Å². The van der Waals surface area contributed by atoms with E-state index < -0.39 is 0 Å². The predicted octanol–water partition coefficient (Wildman–Crippen LogP) is 4.19. The largest absolute Gasteiger partial charge is 0.494 e. The van der Waals surface area contributed by atoms with Crippen molar-refractivity contribution < 1.29 is 9.47 Å². The Morgan fingerprint density at radius 1 is 0.952 bits per heavy atom. The fourth-order valence-electron chi connectivity index (χ4n) is 2.76. The predicted molar refractivity (Wildman–Crippen MR) is 85.3 cm³/mol. The first-order chi connectivity index (χ1) is 10.3. The van der Waals surface area contributed by atoms with Gasteiger partial charge in [-0.1, -0.05) is 12.1 Å². The second-order valence-corrected chi connectivity index (χ2v) is 5.16. The highest BCUT2D eigenvalue weighted by Crippen LogP contribution is 2.36. The summed E-state index contributed by atoms with van der Waals surface area (Å²) in [6.45, 7) is 5.41. The minimum atomic E-state index is 0.326. The van der Waals surface area contributed by atoms with Crippen molar-refractivity contribution in [1.29, 1.82) is 0 Å². The molecule has 0 radical (unpaired) electrons. The van der Waals surface area contributed by atoms with E-state index in [9.17, 15) is 0 Å². The molecule has 1 N–H and O–H groups in total. The van der Waals surface area contributed by atoms with Crippen LogP contribution in [-0.4, -0.2) is 13.2 Å². The van der Waals surface area contributed by atoms with Gasteiger partial charge in [-0.25, -0.2) is 0 Å². The maximum atomic E-state index is 5.57. The Bertz CT molecular complexity index is 607. The number of hydrogen-bond donors (Lipinski definition) is 1. The lowest BCUT2D eigenvalue weighted by molar-refractivity contribution is 0.340. The first kappa shape index (κ1) is 13.8. The molecule has 0 saturated carbocycles. The van der Waals surface area contributed by atoms with Gasteiger partial charge in [0, 0.05) is 5.69 Å². The monoisotopic (exact) mass is 283 g/mol. The Hall–Kier alpha value is -2.16. The van der Waals surface area contributed by atoms with Crippen LogP contribution in [0.4, 0.5) is 5.69 Å². The summed E-state index contributed by atoms with van der Waals surface area (Å²) in [5.74, 6) is 1.88. The molecule has 1 heterocycles. The van der Waals surface area contributed by atoms with E-state index in [2.05, 4.69) is 29.6 Å². The summed E-state index contributed by atoms with van der Waals surface area (Å²) in [6, 6.07) is 14.9. The summed E-state index contributed by atoms with van der Waals surface area (Å²) in [5.41, 5.74) is 3.81. The lowest BCUT2D eigenvalue weighted by Gasteiger charge is -2.12. The third kappa shape index (κ3) is 2.97. The van der Waals surface area contributed by atoms with Gasteiger partial charge in [0.25, 0.3) is 0 Å². The third-order valence-electron chi connectivity index (χ3n) is 3.73. The lowest BCUT2D eigenvalue weighted by atomic mass is 10.0. The lowest BCUT2D eigenvalue weighted by Crippen LogP contribution is -2.05. The normalized spacial score (nSPS) is 16.2. The topological polar surface area (TPSA) is 30.5 Å². The van der Waals surface area contributed by atoms with Crippen LogP contribution in [0.1, 0.15) is 31.0 Å². The van der Waals surface area contributed by atoms with Gasteiger partial charge in [-0.15, -0.1) is 0 Å². The van der Waals surface area contributed by atoms with Gasteiger partial charge in [0.15, 0.2) is 0 Å². The van der Waals surface area contributed by atoms with E-state index in [1.54, 1.807) is 0 Å². The van der Waals surface area contributed by atoms with Crippen molar-refractivity contribution in [3.8, 4) is 11.5 Å². The fraction of sp³-hybridized carbons (Fsp3) is 0.333. The SMILES string of the molecule is CCOc1ccc(C2Cc3cc(OCC)ccc3N2)cc1. The van der Waals surface area contributed by atoms with Crippen LogP contribution in [0.15, 0.2) is 42.5 Å². The second kappa shape index (κ2) is 6.08.